The molecule has 14 heavy (non-hydrogen) atoms. The van der Waals surface area contributed by atoms with Crippen molar-refractivity contribution < 1.29 is 9.53 Å². The van der Waals surface area contributed by atoms with E-state index in [0.717, 1.165) is 5.69 Å². The summed E-state index contributed by atoms with van der Waals surface area (Å²) in [7, 11) is 1.87. The van der Waals surface area contributed by atoms with Gasteiger partial charge in [0.2, 0.25) is 0 Å². The van der Waals surface area contributed by atoms with Crippen LogP contribution in [0.5, 0.6) is 0 Å². The Kier molecular flexibility index (Phi) is 3.64. The summed E-state index contributed by atoms with van der Waals surface area (Å²) in [6.45, 7) is 2.11. The zero-order valence-corrected chi connectivity index (χ0v) is 8.43. The highest BCUT2D eigenvalue weighted by Gasteiger charge is 2.15. The zero-order valence-electron chi connectivity index (χ0n) is 8.43. The molecule has 5 nitrogen and oxygen atoms in total. The van der Waals surface area contributed by atoms with E-state index >= 15 is 0 Å². The Morgan fingerprint density at radius 2 is 2.50 bits per heavy atom. The van der Waals surface area contributed by atoms with Gasteiger partial charge >= 0.3 is 5.97 Å². The van der Waals surface area contributed by atoms with E-state index in [-0.39, 0.29) is 5.97 Å². The van der Waals surface area contributed by atoms with E-state index in [2.05, 4.69) is 4.98 Å². The maximum atomic E-state index is 11.2. The van der Waals surface area contributed by atoms with Crippen LogP contribution in [0.1, 0.15) is 12.6 Å². The first kappa shape index (κ1) is 10.7. The first-order chi connectivity index (χ1) is 6.63. The summed E-state index contributed by atoms with van der Waals surface area (Å²) in [5.41, 5.74) is 6.42. The van der Waals surface area contributed by atoms with E-state index in [4.69, 9.17) is 10.5 Å². The van der Waals surface area contributed by atoms with Crippen molar-refractivity contribution in [2.75, 3.05) is 6.61 Å². The van der Waals surface area contributed by atoms with Crippen LogP contribution in [0, 0.1) is 0 Å². The van der Waals surface area contributed by atoms with E-state index in [1.165, 1.54) is 0 Å². The second-order valence-electron chi connectivity index (χ2n) is 3.09. The van der Waals surface area contributed by atoms with E-state index in [1.807, 2.05) is 17.8 Å². The van der Waals surface area contributed by atoms with Crippen molar-refractivity contribution in [2.45, 2.75) is 19.4 Å². The minimum Gasteiger partial charge on any atom is -0.465 e. The number of ether oxygens (including phenoxy) is 1. The summed E-state index contributed by atoms with van der Waals surface area (Å²) in [6, 6.07) is -0.621. The van der Waals surface area contributed by atoms with Gasteiger partial charge in [-0.1, -0.05) is 0 Å². The second-order valence-corrected chi connectivity index (χ2v) is 3.09. The van der Waals surface area contributed by atoms with Gasteiger partial charge in [-0.25, -0.2) is 4.98 Å². The molecule has 2 N–H and O–H groups in total. The molecule has 1 unspecified atom stereocenters. The number of imidazole rings is 1. The molecule has 0 spiro atoms. The van der Waals surface area contributed by atoms with Crippen LogP contribution in [0.15, 0.2) is 12.5 Å². The lowest BCUT2D eigenvalue weighted by molar-refractivity contribution is -0.144. The molecule has 0 aromatic carbocycles. The fourth-order valence-electron chi connectivity index (χ4n) is 1.13. The number of carbonyl (C=O) groups excluding carboxylic acids is 1. The van der Waals surface area contributed by atoms with Crippen molar-refractivity contribution in [1.29, 1.82) is 0 Å². The number of hydrogen-bond acceptors (Lipinski definition) is 4. The van der Waals surface area contributed by atoms with Crippen molar-refractivity contribution in [1.82, 2.24) is 9.55 Å². The molecular formula is C9H15N3O2. The van der Waals surface area contributed by atoms with Gasteiger partial charge in [-0.05, 0) is 6.92 Å². The molecule has 0 bridgehead atoms. The van der Waals surface area contributed by atoms with Crippen molar-refractivity contribution >= 4 is 5.97 Å². The average Bonchev–Trinajstić information content (AvgIpc) is 2.51. The number of hydrogen-bond donors (Lipinski definition) is 1. The van der Waals surface area contributed by atoms with Crippen LogP contribution >= 0.6 is 0 Å². The third-order valence-corrected chi connectivity index (χ3v) is 1.78. The number of aryl methyl sites for hydroxylation is 1. The van der Waals surface area contributed by atoms with Crippen molar-refractivity contribution in [2.24, 2.45) is 12.8 Å². The topological polar surface area (TPSA) is 70.1 Å². The summed E-state index contributed by atoms with van der Waals surface area (Å²) in [4.78, 5) is 15.2. The van der Waals surface area contributed by atoms with Crippen LogP contribution in [0.25, 0.3) is 0 Å². The Morgan fingerprint density at radius 3 is 3.00 bits per heavy atom. The highest BCUT2D eigenvalue weighted by atomic mass is 16.5. The van der Waals surface area contributed by atoms with Crippen LogP contribution < -0.4 is 5.73 Å². The molecule has 0 aliphatic carbocycles. The smallest absolute Gasteiger partial charge is 0.323 e. The largest absolute Gasteiger partial charge is 0.465 e. The number of nitrogens with two attached hydrogens (primary N) is 1. The zero-order chi connectivity index (χ0) is 10.6. The maximum absolute atomic E-state index is 11.2. The third-order valence-electron chi connectivity index (χ3n) is 1.78. The van der Waals surface area contributed by atoms with E-state index < -0.39 is 6.04 Å². The fourth-order valence-corrected chi connectivity index (χ4v) is 1.13. The van der Waals surface area contributed by atoms with Gasteiger partial charge in [0.25, 0.3) is 0 Å². The summed E-state index contributed by atoms with van der Waals surface area (Å²) in [5.74, 6) is -0.377. The Morgan fingerprint density at radius 1 is 1.79 bits per heavy atom. The molecule has 0 fully saturated rings. The molecule has 0 saturated heterocycles. The molecule has 0 radical (unpaired) electrons. The second kappa shape index (κ2) is 4.76. The molecule has 0 amide bonds. The molecule has 0 aliphatic rings. The van der Waals surface area contributed by atoms with Gasteiger partial charge in [-0.2, -0.15) is 0 Å². The molecule has 78 valence electrons. The number of esters is 1. The molecule has 1 aromatic heterocycles. The minimum absolute atomic E-state index is 0.356. The van der Waals surface area contributed by atoms with Gasteiger partial charge in [0.15, 0.2) is 0 Å². The Labute approximate surface area is 82.9 Å². The Balaban J connectivity index is 2.48. The third kappa shape index (κ3) is 2.85. The van der Waals surface area contributed by atoms with Gasteiger partial charge < -0.3 is 15.0 Å². The predicted molar refractivity (Wildman–Crippen MR) is 51.5 cm³/mol. The normalized spacial score (nSPS) is 12.5. The number of aromatic nitrogens is 2. The SMILES string of the molecule is CCOC(=O)C(N)Cc1cn(C)cn1. The van der Waals surface area contributed by atoms with Crippen LogP contribution in [-0.2, 0) is 23.0 Å². The van der Waals surface area contributed by atoms with Gasteiger partial charge in [0.1, 0.15) is 6.04 Å². The standard InChI is InChI=1S/C9H15N3O2/c1-3-14-9(13)8(10)4-7-5-12(2)6-11-7/h5-6,8H,3-4,10H2,1-2H3. The van der Waals surface area contributed by atoms with E-state index in [9.17, 15) is 4.79 Å². The molecule has 0 saturated carbocycles. The molecule has 1 atom stereocenters. The fraction of sp³-hybridized carbons (Fsp3) is 0.556. The summed E-state index contributed by atoms with van der Waals surface area (Å²) in [6.07, 6.45) is 3.92. The Hall–Kier alpha value is -1.36. The van der Waals surface area contributed by atoms with Crippen LogP contribution in [0.2, 0.25) is 0 Å². The van der Waals surface area contributed by atoms with Crippen molar-refractivity contribution in [3.05, 3.63) is 18.2 Å². The average molecular weight is 197 g/mol. The van der Waals surface area contributed by atoms with Crippen LogP contribution in [0.4, 0.5) is 0 Å². The highest BCUT2D eigenvalue weighted by Crippen LogP contribution is 1.99. The minimum atomic E-state index is -0.621. The molecular weight excluding hydrogens is 182 g/mol. The highest BCUT2D eigenvalue weighted by molar-refractivity contribution is 5.75. The molecule has 5 heteroatoms. The van der Waals surface area contributed by atoms with Crippen LogP contribution in [0.3, 0.4) is 0 Å². The predicted octanol–water partition coefficient (Wildman–Crippen LogP) is -0.147. The van der Waals surface area contributed by atoms with Crippen LogP contribution in [-0.4, -0.2) is 28.2 Å². The van der Waals surface area contributed by atoms with Gasteiger partial charge in [0, 0.05) is 19.7 Å². The molecule has 0 aliphatic heterocycles. The lowest BCUT2D eigenvalue weighted by Crippen LogP contribution is -2.34. The monoisotopic (exact) mass is 197 g/mol. The van der Waals surface area contributed by atoms with Gasteiger partial charge in [0.05, 0.1) is 18.6 Å². The van der Waals surface area contributed by atoms with E-state index in [0.29, 0.717) is 13.0 Å². The summed E-state index contributed by atoms with van der Waals surface area (Å²) >= 11 is 0. The van der Waals surface area contributed by atoms with Gasteiger partial charge in [-0.15, -0.1) is 0 Å². The maximum Gasteiger partial charge on any atom is 0.323 e. The quantitative estimate of drug-likeness (QED) is 0.682. The molecule has 1 heterocycles. The number of rotatable bonds is 4. The van der Waals surface area contributed by atoms with E-state index in [1.54, 1.807) is 13.3 Å². The summed E-state index contributed by atoms with van der Waals surface area (Å²) < 4.78 is 6.60. The Bertz CT molecular complexity index is 309. The van der Waals surface area contributed by atoms with Crippen molar-refractivity contribution in [3.8, 4) is 0 Å². The lowest BCUT2D eigenvalue weighted by Gasteiger charge is -2.08. The summed E-state index contributed by atoms with van der Waals surface area (Å²) in [5, 5.41) is 0. The van der Waals surface area contributed by atoms with Crippen molar-refractivity contribution in [3.63, 3.8) is 0 Å². The van der Waals surface area contributed by atoms with Gasteiger partial charge in [-0.3, -0.25) is 4.79 Å². The first-order valence-electron chi connectivity index (χ1n) is 4.52. The number of nitrogens with zero attached hydrogens (tertiary/aromatic N) is 2. The molecule has 1 aromatic rings. The number of carbonyl (C=O) groups is 1. The molecule has 1 rings (SSSR count). The lowest BCUT2D eigenvalue weighted by atomic mass is 10.2. The first-order valence-corrected chi connectivity index (χ1v) is 4.52.